The van der Waals surface area contributed by atoms with Crippen LogP contribution in [0.2, 0.25) is 0 Å². The van der Waals surface area contributed by atoms with Gasteiger partial charge in [-0.2, -0.15) is 4.31 Å². The van der Waals surface area contributed by atoms with Crippen LogP contribution in [0.25, 0.3) is 0 Å². The highest BCUT2D eigenvalue weighted by Gasteiger charge is 2.45. The van der Waals surface area contributed by atoms with E-state index in [4.69, 9.17) is 9.47 Å². The normalized spacial score (nSPS) is 16.0. The van der Waals surface area contributed by atoms with E-state index < -0.39 is 22.0 Å². The molecular weight excluding hydrogens is 504 g/mol. The summed E-state index contributed by atoms with van der Waals surface area (Å²) in [7, 11) is -2.46. The molecule has 0 radical (unpaired) electrons. The molecule has 8 nitrogen and oxygen atoms in total. The lowest BCUT2D eigenvalue weighted by Gasteiger charge is -2.32. The molecule has 1 aliphatic heterocycles. The van der Waals surface area contributed by atoms with Gasteiger partial charge in [-0.25, -0.2) is 13.2 Å². The molecule has 3 rings (SSSR count). The number of sulfonamides is 1. The first kappa shape index (κ1) is 29.8. The number of hydrogen-bond acceptors (Lipinski definition) is 7. The number of benzene rings is 2. The van der Waals surface area contributed by atoms with Crippen LogP contribution in [0.3, 0.4) is 0 Å². The number of aryl methyl sites for hydroxylation is 1. The molecule has 2 unspecified atom stereocenters. The van der Waals surface area contributed by atoms with E-state index in [1.165, 1.54) is 7.05 Å². The number of unbranched alkanes of at least 4 members (excludes halogenated alkanes) is 2. The van der Waals surface area contributed by atoms with E-state index in [0.29, 0.717) is 23.3 Å². The second-order valence-corrected chi connectivity index (χ2v) is 11.9. The minimum Gasteiger partial charge on any atom is -0.474 e. The first-order chi connectivity index (χ1) is 18.0. The highest BCUT2D eigenvalue weighted by atomic mass is 32.2. The molecule has 0 amide bonds. The fourth-order valence-corrected chi connectivity index (χ4v) is 5.31. The Labute approximate surface area is 227 Å². The summed E-state index contributed by atoms with van der Waals surface area (Å²) >= 11 is 0. The smallest absolute Gasteiger partial charge is 0.334 e. The fourth-order valence-electron chi connectivity index (χ4n) is 4.73. The molecule has 0 bridgehead atoms. The Morgan fingerprint density at radius 1 is 1.08 bits per heavy atom. The molecule has 208 valence electrons. The third-order valence-corrected chi connectivity index (χ3v) is 8.19. The predicted octanol–water partition coefficient (Wildman–Crippen LogP) is 5.09. The summed E-state index contributed by atoms with van der Waals surface area (Å²) in [5, 5.41) is 0. The second-order valence-electron chi connectivity index (χ2n) is 9.83. The molecule has 0 saturated heterocycles. The van der Waals surface area contributed by atoms with Crippen molar-refractivity contribution < 1.29 is 27.5 Å². The quantitative estimate of drug-likeness (QED) is 0.141. The number of esters is 1. The Bertz CT molecular complexity index is 1240. The van der Waals surface area contributed by atoms with Crippen molar-refractivity contribution in [3.8, 4) is 11.5 Å². The maximum atomic E-state index is 14.0. The molecule has 0 saturated carbocycles. The summed E-state index contributed by atoms with van der Waals surface area (Å²) in [6.45, 7) is 9.84. The van der Waals surface area contributed by atoms with Crippen LogP contribution in [-0.2, 0) is 14.8 Å². The van der Waals surface area contributed by atoms with Crippen LogP contribution in [0, 0.1) is 6.92 Å². The molecule has 1 heterocycles. The summed E-state index contributed by atoms with van der Waals surface area (Å²) < 4.78 is 38.2. The van der Waals surface area contributed by atoms with Crippen LogP contribution in [0.1, 0.15) is 86.0 Å². The van der Waals surface area contributed by atoms with Crippen LogP contribution >= 0.6 is 0 Å². The van der Waals surface area contributed by atoms with Crippen molar-refractivity contribution in [2.45, 2.75) is 72.1 Å². The van der Waals surface area contributed by atoms with Crippen molar-refractivity contribution in [2.24, 2.45) is 0 Å². The zero-order chi connectivity index (χ0) is 28.0. The van der Waals surface area contributed by atoms with Gasteiger partial charge in [0.25, 0.3) is 0 Å². The Balaban J connectivity index is 2.22. The van der Waals surface area contributed by atoms with Crippen molar-refractivity contribution in [1.29, 1.82) is 0 Å². The predicted molar refractivity (Wildman–Crippen MR) is 148 cm³/mol. The van der Waals surface area contributed by atoms with Crippen LogP contribution in [0.15, 0.2) is 36.4 Å². The van der Waals surface area contributed by atoms with E-state index in [2.05, 4.69) is 18.7 Å². The van der Waals surface area contributed by atoms with Gasteiger partial charge in [0.2, 0.25) is 10.0 Å². The van der Waals surface area contributed by atoms with Crippen LogP contribution < -0.4 is 9.47 Å². The van der Waals surface area contributed by atoms with Gasteiger partial charge in [0.15, 0.2) is 18.1 Å². The summed E-state index contributed by atoms with van der Waals surface area (Å²) in [6.07, 6.45) is 5.55. The number of likely N-dealkylation sites (N-methyl/N-ethyl adjacent to an activating group) is 1. The number of ketones is 1. The van der Waals surface area contributed by atoms with Gasteiger partial charge in [-0.3, -0.25) is 9.69 Å². The van der Waals surface area contributed by atoms with E-state index in [1.807, 2.05) is 13.0 Å². The molecule has 2 atom stereocenters. The third-order valence-electron chi connectivity index (χ3n) is 6.93. The number of rotatable bonds is 14. The van der Waals surface area contributed by atoms with Gasteiger partial charge in [0.1, 0.15) is 11.5 Å². The van der Waals surface area contributed by atoms with E-state index in [0.717, 1.165) is 49.3 Å². The van der Waals surface area contributed by atoms with Gasteiger partial charge >= 0.3 is 5.97 Å². The summed E-state index contributed by atoms with van der Waals surface area (Å²) in [5.41, 5.74) is 1.40. The topological polar surface area (TPSA) is 93.2 Å². The minimum atomic E-state index is -3.78. The van der Waals surface area contributed by atoms with E-state index in [1.54, 1.807) is 37.3 Å². The Hall–Kier alpha value is -2.75. The number of nitrogens with zero attached hydrogens (tertiary/aromatic N) is 2. The maximum absolute atomic E-state index is 14.0. The average molecular weight is 545 g/mol. The Kier molecular flexibility index (Phi) is 10.1. The summed E-state index contributed by atoms with van der Waals surface area (Å²) in [5.74, 6) is -0.561. The lowest BCUT2D eigenvalue weighted by molar-refractivity contribution is -0.136. The number of carbonyl (C=O) groups is 2. The first-order valence-electron chi connectivity index (χ1n) is 13.4. The highest BCUT2D eigenvalue weighted by Crippen LogP contribution is 2.46. The van der Waals surface area contributed by atoms with Gasteiger partial charge in [-0.1, -0.05) is 63.9 Å². The van der Waals surface area contributed by atoms with Crippen molar-refractivity contribution in [3.05, 3.63) is 58.7 Å². The molecule has 0 spiro atoms. The first-order valence-corrected chi connectivity index (χ1v) is 15.2. The van der Waals surface area contributed by atoms with Gasteiger partial charge in [0, 0.05) is 31.3 Å². The molecule has 9 heteroatoms. The van der Waals surface area contributed by atoms with Crippen LogP contribution in [0.5, 0.6) is 11.5 Å². The van der Waals surface area contributed by atoms with E-state index in [-0.39, 0.29) is 28.9 Å². The van der Waals surface area contributed by atoms with Crippen molar-refractivity contribution in [2.75, 3.05) is 26.4 Å². The van der Waals surface area contributed by atoms with E-state index >= 15 is 0 Å². The van der Waals surface area contributed by atoms with Gasteiger partial charge in [-0.15, -0.1) is 0 Å². The van der Waals surface area contributed by atoms with Crippen molar-refractivity contribution in [3.63, 3.8) is 0 Å². The zero-order valence-corrected chi connectivity index (χ0v) is 24.1. The number of hydrogen-bond donors (Lipinski definition) is 0. The molecule has 0 fully saturated rings. The molecule has 0 aromatic heterocycles. The van der Waals surface area contributed by atoms with E-state index in [9.17, 15) is 18.0 Å². The number of fused-ring (bicyclic) bond motifs is 1. The van der Waals surface area contributed by atoms with Crippen LogP contribution in [0.4, 0.5) is 0 Å². The lowest BCUT2D eigenvalue weighted by Crippen LogP contribution is -2.41. The largest absolute Gasteiger partial charge is 0.474 e. The molecule has 0 N–H and O–H groups in total. The summed E-state index contributed by atoms with van der Waals surface area (Å²) in [6, 6.07) is 9.15. The van der Waals surface area contributed by atoms with Gasteiger partial charge < -0.3 is 9.47 Å². The Morgan fingerprint density at radius 2 is 1.68 bits per heavy atom. The Morgan fingerprint density at radius 3 is 2.21 bits per heavy atom. The summed E-state index contributed by atoms with van der Waals surface area (Å²) in [4.78, 5) is 29.3. The van der Waals surface area contributed by atoms with Gasteiger partial charge in [-0.05, 0) is 37.8 Å². The highest BCUT2D eigenvalue weighted by molar-refractivity contribution is 7.88. The number of carbonyl (C=O) groups excluding carboxylic acids is 2. The molecule has 38 heavy (non-hydrogen) atoms. The number of ether oxygens (including phenoxy) is 2. The standard InChI is InChI=1S/C29H40N2O6S/c1-7-10-17-31(18-11-8-2)23(9-3)36-22-19-20(4)28-25(24(22)27(32)21-15-13-12-14-16-21)26(29(33)37-28)30(5)38(6,34)35/h12-16,19,23,26H,7-11,17-18H2,1-6H3. The average Bonchev–Trinajstić information content (AvgIpc) is 3.23. The third kappa shape index (κ3) is 6.45. The maximum Gasteiger partial charge on any atom is 0.334 e. The molecule has 2 aromatic carbocycles. The molecule has 2 aromatic rings. The lowest BCUT2D eigenvalue weighted by atomic mass is 9.91. The van der Waals surface area contributed by atoms with Gasteiger partial charge in [0.05, 0.1) is 11.8 Å². The molecular formula is C29H40N2O6S. The fraction of sp³-hybridized carbons (Fsp3) is 0.517. The van der Waals surface area contributed by atoms with Crippen LogP contribution in [-0.4, -0.2) is 62.0 Å². The molecule has 1 aliphatic rings. The zero-order valence-electron chi connectivity index (χ0n) is 23.3. The molecule has 0 aliphatic carbocycles. The van der Waals surface area contributed by atoms with Crippen molar-refractivity contribution >= 4 is 21.8 Å². The monoisotopic (exact) mass is 544 g/mol. The minimum absolute atomic E-state index is 0.160. The SMILES string of the molecule is CCCCN(CCCC)C(CC)Oc1cc(C)c2c(c1C(=O)c1ccccc1)C(N(C)S(C)(=O)=O)C(=O)O2. The second kappa shape index (κ2) is 12.9. The van der Waals surface area contributed by atoms with Crippen molar-refractivity contribution in [1.82, 2.24) is 9.21 Å².